The third-order valence-electron chi connectivity index (χ3n) is 5.40. The Morgan fingerprint density at radius 2 is 1.91 bits per heavy atom. The van der Waals surface area contributed by atoms with Crippen molar-refractivity contribution in [3.8, 4) is 5.75 Å². The van der Waals surface area contributed by atoms with Crippen LogP contribution in [0.4, 0.5) is 5.69 Å². The molecule has 0 bridgehead atoms. The molecule has 0 spiro atoms. The minimum atomic E-state index is -4.07. The minimum Gasteiger partial charge on any atom is -0.492 e. The van der Waals surface area contributed by atoms with Crippen LogP contribution in [-0.4, -0.2) is 57.2 Å². The Morgan fingerprint density at radius 1 is 1.18 bits per heavy atom. The number of nitro groups is 1. The van der Waals surface area contributed by atoms with Crippen LogP contribution < -0.4 is 9.46 Å². The van der Waals surface area contributed by atoms with Crippen molar-refractivity contribution < 1.29 is 27.6 Å². The first-order valence-corrected chi connectivity index (χ1v) is 12.1. The quantitative estimate of drug-likeness (QED) is 0.314. The van der Waals surface area contributed by atoms with Crippen LogP contribution in [0.1, 0.15) is 24.8 Å². The van der Waals surface area contributed by atoms with Gasteiger partial charge in [0.2, 0.25) is 10.0 Å². The van der Waals surface area contributed by atoms with Crippen LogP contribution in [0.2, 0.25) is 0 Å². The van der Waals surface area contributed by atoms with Gasteiger partial charge in [-0.2, -0.15) is 4.72 Å². The van der Waals surface area contributed by atoms with Gasteiger partial charge in [0, 0.05) is 12.6 Å². The monoisotopic (exact) mass is 477 g/mol. The maximum Gasteiger partial charge on any atom is 0.309 e. The molecule has 178 valence electrons. The molecule has 1 N–H and O–H groups in total. The summed E-state index contributed by atoms with van der Waals surface area (Å²) < 4.78 is 38.8. The smallest absolute Gasteiger partial charge is 0.309 e. The second-order valence-electron chi connectivity index (χ2n) is 7.64. The highest BCUT2D eigenvalue weighted by molar-refractivity contribution is 7.89. The van der Waals surface area contributed by atoms with Crippen molar-refractivity contribution >= 4 is 21.7 Å². The molecule has 0 aromatic heterocycles. The van der Waals surface area contributed by atoms with Gasteiger partial charge in [0.25, 0.3) is 5.69 Å². The largest absolute Gasteiger partial charge is 0.492 e. The Labute approximate surface area is 192 Å². The first-order valence-electron chi connectivity index (χ1n) is 10.6. The molecule has 33 heavy (non-hydrogen) atoms. The number of sulfonamides is 1. The van der Waals surface area contributed by atoms with Crippen LogP contribution in [0, 0.1) is 10.1 Å². The van der Waals surface area contributed by atoms with Crippen molar-refractivity contribution in [3.05, 3.63) is 64.2 Å². The minimum absolute atomic E-state index is 0.186. The van der Waals surface area contributed by atoms with E-state index in [-0.39, 0.29) is 17.3 Å². The molecule has 0 aliphatic carbocycles. The number of carbonyl (C=O) groups excluding carboxylic acids is 1. The summed E-state index contributed by atoms with van der Waals surface area (Å²) in [5.74, 6) is 0.320. The molecule has 1 fully saturated rings. The standard InChI is InChI=1S/C22H27N3O7S/c1-31-22(26)16-17-9-11-18(12-10-17)32-15-14-24-13-5-4-8-21(24)23-33(29,30)20-7-3-2-6-19(20)25(27)28/h2-3,6-7,9-12,21,23H,4-5,8,13-16H2,1H3. The molecule has 0 radical (unpaired) electrons. The van der Waals surface area contributed by atoms with Crippen LogP contribution >= 0.6 is 0 Å². The van der Waals surface area contributed by atoms with E-state index in [4.69, 9.17) is 4.74 Å². The van der Waals surface area contributed by atoms with Crippen molar-refractivity contribution in [2.75, 3.05) is 26.8 Å². The van der Waals surface area contributed by atoms with Gasteiger partial charge >= 0.3 is 5.97 Å². The molecule has 1 heterocycles. The van der Waals surface area contributed by atoms with Crippen LogP contribution in [-0.2, 0) is 26.0 Å². The lowest BCUT2D eigenvalue weighted by Gasteiger charge is -2.35. The average molecular weight is 478 g/mol. The number of hydrogen-bond acceptors (Lipinski definition) is 8. The van der Waals surface area contributed by atoms with Gasteiger partial charge in [-0.25, -0.2) is 8.42 Å². The number of esters is 1. The van der Waals surface area contributed by atoms with E-state index in [0.717, 1.165) is 18.4 Å². The van der Waals surface area contributed by atoms with Crippen molar-refractivity contribution in [2.45, 2.75) is 36.7 Å². The van der Waals surface area contributed by atoms with Crippen molar-refractivity contribution in [2.24, 2.45) is 0 Å². The maximum absolute atomic E-state index is 12.9. The molecule has 10 nitrogen and oxygen atoms in total. The number of hydrogen-bond donors (Lipinski definition) is 1. The van der Waals surface area contributed by atoms with Crippen molar-refractivity contribution in [1.82, 2.24) is 9.62 Å². The lowest BCUT2D eigenvalue weighted by molar-refractivity contribution is -0.387. The van der Waals surface area contributed by atoms with Crippen LogP contribution in [0.25, 0.3) is 0 Å². The van der Waals surface area contributed by atoms with Crippen molar-refractivity contribution in [3.63, 3.8) is 0 Å². The van der Waals surface area contributed by atoms with Gasteiger partial charge in [-0.15, -0.1) is 0 Å². The highest BCUT2D eigenvalue weighted by atomic mass is 32.2. The number of likely N-dealkylation sites (tertiary alicyclic amines) is 1. The van der Waals surface area contributed by atoms with E-state index in [1.54, 1.807) is 24.3 Å². The number of nitrogens with zero attached hydrogens (tertiary/aromatic N) is 2. The highest BCUT2D eigenvalue weighted by Crippen LogP contribution is 2.25. The number of para-hydroxylation sites is 1. The predicted octanol–water partition coefficient (Wildman–Crippen LogP) is 2.48. The van der Waals surface area contributed by atoms with Crippen LogP contribution in [0.3, 0.4) is 0 Å². The zero-order valence-electron chi connectivity index (χ0n) is 18.3. The average Bonchev–Trinajstić information content (AvgIpc) is 2.81. The molecule has 0 amide bonds. The number of nitrogens with one attached hydrogen (secondary N) is 1. The number of ether oxygens (including phenoxy) is 2. The SMILES string of the molecule is COC(=O)Cc1ccc(OCCN2CCCCC2NS(=O)(=O)c2ccccc2[N+](=O)[O-])cc1. The molecule has 1 unspecified atom stereocenters. The third kappa shape index (κ3) is 6.73. The molecule has 2 aromatic carbocycles. The maximum atomic E-state index is 12.9. The molecule has 0 saturated carbocycles. The molecule has 1 aliphatic heterocycles. The second-order valence-corrected chi connectivity index (χ2v) is 9.32. The number of nitro benzene ring substituents is 1. The van der Waals surface area contributed by atoms with Crippen LogP contribution in [0.15, 0.2) is 53.4 Å². The van der Waals surface area contributed by atoms with Crippen LogP contribution in [0.5, 0.6) is 5.75 Å². The van der Waals surface area contributed by atoms with E-state index < -0.39 is 26.8 Å². The lowest BCUT2D eigenvalue weighted by Crippen LogP contribution is -2.51. The fourth-order valence-electron chi connectivity index (χ4n) is 3.69. The summed E-state index contributed by atoms with van der Waals surface area (Å²) in [5, 5.41) is 11.3. The Kier molecular flexibility index (Phi) is 8.37. The first-order chi connectivity index (χ1) is 15.8. The van der Waals surface area contributed by atoms with Gasteiger partial charge in [0.05, 0.1) is 24.6 Å². The Bertz CT molecular complexity index is 1070. The summed E-state index contributed by atoms with van der Waals surface area (Å²) >= 11 is 0. The Morgan fingerprint density at radius 3 is 2.61 bits per heavy atom. The van der Waals surface area contributed by atoms with Gasteiger partial charge < -0.3 is 9.47 Å². The summed E-state index contributed by atoms with van der Waals surface area (Å²) in [6.45, 7) is 1.50. The van der Waals surface area contributed by atoms with Gasteiger partial charge in [-0.1, -0.05) is 24.3 Å². The fraction of sp³-hybridized carbons (Fsp3) is 0.409. The van der Waals surface area contributed by atoms with E-state index >= 15 is 0 Å². The summed E-state index contributed by atoms with van der Waals surface area (Å²) in [7, 11) is -2.73. The van der Waals surface area contributed by atoms with E-state index in [9.17, 15) is 23.3 Å². The van der Waals surface area contributed by atoms with E-state index in [1.807, 2.05) is 4.90 Å². The number of piperidine rings is 1. The van der Waals surface area contributed by atoms with E-state index in [2.05, 4.69) is 9.46 Å². The summed E-state index contributed by atoms with van der Waals surface area (Å²) in [6, 6.07) is 12.4. The number of rotatable bonds is 10. The highest BCUT2D eigenvalue weighted by Gasteiger charge is 2.31. The van der Waals surface area contributed by atoms with E-state index in [0.29, 0.717) is 31.9 Å². The summed E-state index contributed by atoms with van der Waals surface area (Å²) in [6.07, 6.45) is 2.08. The van der Waals surface area contributed by atoms with Gasteiger partial charge in [-0.3, -0.25) is 19.8 Å². The molecule has 2 aromatic rings. The molecule has 1 atom stereocenters. The van der Waals surface area contributed by atoms with E-state index in [1.165, 1.54) is 31.4 Å². The Balaban J connectivity index is 1.59. The second kappa shape index (κ2) is 11.2. The van der Waals surface area contributed by atoms with Gasteiger partial charge in [-0.05, 0) is 49.6 Å². The zero-order chi connectivity index (χ0) is 23.8. The first kappa shape index (κ1) is 24.6. The number of carbonyl (C=O) groups is 1. The fourth-order valence-corrected chi connectivity index (χ4v) is 5.12. The van der Waals surface area contributed by atoms with Gasteiger partial charge in [0.15, 0.2) is 4.90 Å². The molecule has 3 rings (SSSR count). The van der Waals surface area contributed by atoms with Gasteiger partial charge in [0.1, 0.15) is 12.4 Å². The number of benzene rings is 2. The summed E-state index contributed by atoms with van der Waals surface area (Å²) in [5.41, 5.74) is 0.362. The Hall–Kier alpha value is -3.02. The summed E-state index contributed by atoms with van der Waals surface area (Å²) in [4.78, 5) is 23.5. The molecule has 11 heteroatoms. The zero-order valence-corrected chi connectivity index (χ0v) is 19.1. The van der Waals surface area contributed by atoms with Crippen molar-refractivity contribution in [1.29, 1.82) is 0 Å². The topological polar surface area (TPSA) is 128 Å². The normalized spacial score (nSPS) is 16.8. The number of methoxy groups -OCH3 is 1. The molecular formula is C22H27N3O7S. The molecule has 1 saturated heterocycles. The molecular weight excluding hydrogens is 450 g/mol. The molecule has 1 aliphatic rings. The lowest BCUT2D eigenvalue weighted by atomic mass is 10.1. The third-order valence-corrected chi connectivity index (χ3v) is 6.91. The predicted molar refractivity (Wildman–Crippen MR) is 120 cm³/mol.